The Bertz CT molecular complexity index is 1060. The maximum Gasteiger partial charge on any atom is 0.416 e. The van der Waals surface area contributed by atoms with E-state index in [1.165, 1.54) is 29.5 Å². The lowest BCUT2D eigenvalue weighted by atomic mass is 10.0. The summed E-state index contributed by atoms with van der Waals surface area (Å²) in [5, 5.41) is 3.60. The van der Waals surface area contributed by atoms with Crippen molar-refractivity contribution in [2.24, 2.45) is 0 Å². The Kier molecular flexibility index (Phi) is 6.88. The quantitative estimate of drug-likeness (QED) is 0.549. The third-order valence-corrected chi connectivity index (χ3v) is 6.27. The standard InChI is InChI=1S/C23H22F3N3O2S/c24-23(25,26)17-7-5-16(6-8-17)19(29-11-13-31-14-12-29)15-27-21(30)9-10-22-28-18-3-1-2-4-20(18)32-22/h1-10,19H,11-15H2,(H,27,30)/b10-9+. The smallest absolute Gasteiger partial charge is 0.379 e. The van der Waals surface area contributed by atoms with Crippen LogP contribution in [0.1, 0.15) is 22.2 Å². The number of nitrogens with one attached hydrogen (secondary N) is 1. The van der Waals surface area contributed by atoms with Crippen LogP contribution in [0.25, 0.3) is 16.3 Å². The molecule has 5 nitrogen and oxygen atoms in total. The van der Waals surface area contributed by atoms with Gasteiger partial charge >= 0.3 is 6.18 Å². The molecule has 2 aromatic carbocycles. The highest BCUT2D eigenvalue weighted by atomic mass is 32.1. The first-order chi connectivity index (χ1) is 15.4. The average Bonchev–Trinajstić information content (AvgIpc) is 3.21. The van der Waals surface area contributed by atoms with Crippen LogP contribution in [0.3, 0.4) is 0 Å². The number of ether oxygens (including phenoxy) is 1. The molecule has 1 amide bonds. The van der Waals surface area contributed by atoms with Gasteiger partial charge in [-0.2, -0.15) is 13.2 Å². The molecule has 1 fully saturated rings. The number of para-hydroxylation sites is 1. The largest absolute Gasteiger partial charge is 0.416 e. The summed E-state index contributed by atoms with van der Waals surface area (Å²) in [5.41, 5.74) is 0.910. The Morgan fingerprint density at radius 1 is 1.16 bits per heavy atom. The van der Waals surface area contributed by atoms with E-state index in [2.05, 4.69) is 15.2 Å². The molecule has 1 unspecified atom stereocenters. The van der Waals surface area contributed by atoms with E-state index in [4.69, 9.17) is 4.74 Å². The van der Waals surface area contributed by atoms with Crippen LogP contribution in [0.5, 0.6) is 0 Å². The van der Waals surface area contributed by atoms with Crippen LogP contribution in [-0.2, 0) is 15.7 Å². The summed E-state index contributed by atoms with van der Waals surface area (Å²) in [4.78, 5) is 19.0. The Hall–Kier alpha value is -2.75. The van der Waals surface area contributed by atoms with Crippen LogP contribution in [-0.4, -0.2) is 48.6 Å². The molecule has 0 aliphatic carbocycles. The first-order valence-corrected chi connectivity index (χ1v) is 11.0. The van der Waals surface area contributed by atoms with Gasteiger partial charge < -0.3 is 10.1 Å². The van der Waals surface area contributed by atoms with Gasteiger partial charge in [-0.05, 0) is 35.9 Å². The predicted molar refractivity (Wildman–Crippen MR) is 118 cm³/mol. The highest BCUT2D eigenvalue weighted by Gasteiger charge is 2.31. The summed E-state index contributed by atoms with van der Waals surface area (Å²) in [6, 6.07) is 12.6. The number of carbonyl (C=O) groups is 1. The molecule has 4 rings (SSSR count). The van der Waals surface area contributed by atoms with Crippen molar-refractivity contribution in [1.29, 1.82) is 0 Å². The summed E-state index contributed by atoms with van der Waals surface area (Å²) in [6.07, 6.45) is -1.28. The predicted octanol–water partition coefficient (Wildman–Crippen LogP) is 4.52. The zero-order chi connectivity index (χ0) is 22.6. The molecule has 1 N–H and O–H groups in total. The number of halogens is 3. The molecule has 1 aliphatic heterocycles. The molecule has 0 spiro atoms. The first-order valence-electron chi connectivity index (χ1n) is 10.2. The van der Waals surface area contributed by atoms with E-state index in [9.17, 15) is 18.0 Å². The van der Waals surface area contributed by atoms with Gasteiger partial charge in [0.15, 0.2) is 0 Å². The maximum absolute atomic E-state index is 12.9. The molecule has 0 saturated carbocycles. The molecule has 3 aromatic rings. The topological polar surface area (TPSA) is 54.5 Å². The van der Waals surface area contributed by atoms with Gasteiger partial charge in [-0.15, -0.1) is 11.3 Å². The number of morpholine rings is 1. The number of amides is 1. The van der Waals surface area contributed by atoms with Gasteiger partial charge in [0, 0.05) is 25.7 Å². The van der Waals surface area contributed by atoms with Gasteiger partial charge in [0.1, 0.15) is 5.01 Å². The van der Waals surface area contributed by atoms with Crippen molar-refractivity contribution in [3.05, 3.63) is 70.7 Å². The SMILES string of the molecule is O=C(/C=C/c1nc2ccccc2s1)NCC(c1ccc(C(F)(F)F)cc1)N1CCOCC1. The Morgan fingerprint density at radius 3 is 2.56 bits per heavy atom. The average molecular weight is 462 g/mol. The van der Waals surface area contributed by atoms with Crippen LogP contribution in [0.4, 0.5) is 13.2 Å². The minimum Gasteiger partial charge on any atom is -0.379 e. The molecule has 1 atom stereocenters. The second kappa shape index (κ2) is 9.81. The normalized spacial score (nSPS) is 16.5. The van der Waals surface area contributed by atoms with Gasteiger partial charge in [0.05, 0.1) is 35.0 Å². The second-order valence-electron chi connectivity index (χ2n) is 7.38. The van der Waals surface area contributed by atoms with E-state index in [0.717, 1.165) is 32.9 Å². The first kappa shape index (κ1) is 22.4. The summed E-state index contributed by atoms with van der Waals surface area (Å²) < 4.78 is 45.2. The van der Waals surface area contributed by atoms with Crippen molar-refractivity contribution in [2.75, 3.05) is 32.8 Å². The lowest BCUT2D eigenvalue weighted by molar-refractivity contribution is -0.137. The van der Waals surface area contributed by atoms with E-state index in [0.29, 0.717) is 26.3 Å². The number of rotatable bonds is 6. The van der Waals surface area contributed by atoms with Crippen molar-refractivity contribution in [3.8, 4) is 0 Å². The van der Waals surface area contributed by atoms with Crippen LogP contribution < -0.4 is 5.32 Å². The molecular weight excluding hydrogens is 439 g/mol. The lowest BCUT2D eigenvalue weighted by Crippen LogP contribution is -2.43. The Balaban J connectivity index is 1.44. The number of carbonyl (C=O) groups excluding carboxylic acids is 1. The van der Waals surface area contributed by atoms with E-state index in [1.807, 2.05) is 24.3 Å². The number of alkyl halides is 3. The van der Waals surface area contributed by atoms with Crippen molar-refractivity contribution in [3.63, 3.8) is 0 Å². The number of hydrogen-bond acceptors (Lipinski definition) is 5. The number of benzene rings is 2. The third-order valence-electron chi connectivity index (χ3n) is 5.27. The monoisotopic (exact) mass is 461 g/mol. The Morgan fingerprint density at radius 2 is 1.88 bits per heavy atom. The molecule has 32 heavy (non-hydrogen) atoms. The van der Waals surface area contributed by atoms with Crippen molar-refractivity contribution in [1.82, 2.24) is 15.2 Å². The van der Waals surface area contributed by atoms with Crippen molar-refractivity contribution in [2.45, 2.75) is 12.2 Å². The lowest BCUT2D eigenvalue weighted by Gasteiger charge is -2.35. The number of aromatic nitrogens is 1. The van der Waals surface area contributed by atoms with Gasteiger partial charge in [0.25, 0.3) is 0 Å². The molecule has 1 aliphatic rings. The van der Waals surface area contributed by atoms with E-state index in [-0.39, 0.29) is 18.5 Å². The molecule has 1 aromatic heterocycles. The van der Waals surface area contributed by atoms with Crippen LogP contribution >= 0.6 is 11.3 Å². The molecule has 0 radical (unpaired) electrons. The Labute approximate surface area is 187 Å². The molecule has 1 saturated heterocycles. The zero-order valence-electron chi connectivity index (χ0n) is 17.1. The number of nitrogens with zero attached hydrogens (tertiary/aromatic N) is 2. The van der Waals surface area contributed by atoms with Gasteiger partial charge in [0.2, 0.25) is 5.91 Å². The molecular formula is C23H22F3N3O2S. The highest BCUT2D eigenvalue weighted by molar-refractivity contribution is 7.19. The van der Waals surface area contributed by atoms with E-state index in [1.54, 1.807) is 6.08 Å². The minimum absolute atomic E-state index is 0.249. The molecule has 168 valence electrons. The third kappa shape index (κ3) is 5.53. The fourth-order valence-electron chi connectivity index (χ4n) is 3.61. The fourth-order valence-corrected chi connectivity index (χ4v) is 4.48. The highest BCUT2D eigenvalue weighted by Crippen LogP contribution is 2.31. The minimum atomic E-state index is -4.38. The zero-order valence-corrected chi connectivity index (χ0v) is 18.0. The van der Waals surface area contributed by atoms with Crippen LogP contribution in [0.15, 0.2) is 54.6 Å². The number of thiazole rings is 1. The summed E-state index contributed by atoms with van der Waals surface area (Å²) in [6.45, 7) is 2.64. The van der Waals surface area contributed by atoms with Gasteiger partial charge in [-0.3, -0.25) is 9.69 Å². The van der Waals surface area contributed by atoms with Gasteiger partial charge in [-0.1, -0.05) is 24.3 Å². The van der Waals surface area contributed by atoms with Crippen molar-refractivity contribution < 1.29 is 22.7 Å². The van der Waals surface area contributed by atoms with Gasteiger partial charge in [-0.25, -0.2) is 4.98 Å². The molecule has 0 bridgehead atoms. The summed E-state index contributed by atoms with van der Waals surface area (Å²) >= 11 is 1.49. The molecule has 9 heteroatoms. The number of fused-ring (bicyclic) bond motifs is 1. The fraction of sp³-hybridized carbons (Fsp3) is 0.304. The summed E-state index contributed by atoms with van der Waals surface area (Å²) in [5.74, 6) is -0.283. The van der Waals surface area contributed by atoms with E-state index >= 15 is 0 Å². The molecule has 2 heterocycles. The summed E-state index contributed by atoms with van der Waals surface area (Å²) in [7, 11) is 0. The van der Waals surface area contributed by atoms with Crippen LogP contribution in [0.2, 0.25) is 0 Å². The number of hydrogen-bond donors (Lipinski definition) is 1. The van der Waals surface area contributed by atoms with E-state index < -0.39 is 11.7 Å². The maximum atomic E-state index is 12.9. The van der Waals surface area contributed by atoms with Crippen molar-refractivity contribution >= 4 is 33.5 Å². The van der Waals surface area contributed by atoms with Crippen LogP contribution in [0, 0.1) is 0 Å². The second-order valence-corrected chi connectivity index (χ2v) is 8.44.